The van der Waals surface area contributed by atoms with Crippen LogP contribution in [0.5, 0.6) is 0 Å². The number of carbonyl (C=O) groups is 2. The zero-order valence-corrected chi connectivity index (χ0v) is 14.0. The van der Waals surface area contributed by atoms with Gasteiger partial charge in [-0.1, -0.05) is 51.7 Å². The van der Waals surface area contributed by atoms with Crippen LogP contribution < -0.4 is 10.2 Å². The van der Waals surface area contributed by atoms with Gasteiger partial charge in [0.1, 0.15) is 0 Å². The van der Waals surface area contributed by atoms with E-state index in [1.165, 1.54) is 12.8 Å². The predicted molar refractivity (Wildman–Crippen MR) is 76.6 cm³/mol. The second kappa shape index (κ2) is 21.2. The fourth-order valence-corrected chi connectivity index (χ4v) is 1.38. The molecule has 0 bridgehead atoms. The van der Waals surface area contributed by atoms with E-state index in [2.05, 4.69) is 13.8 Å². The molecule has 0 rings (SSSR count). The van der Waals surface area contributed by atoms with E-state index >= 15 is 0 Å². The Labute approximate surface area is 138 Å². The van der Waals surface area contributed by atoms with Crippen molar-refractivity contribution in [2.75, 3.05) is 0 Å². The molecule has 21 heavy (non-hydrogen) atoms. The molecule has 0 aliphatic heterocycles. The molecule has 0 aromatic heterocycles. The molecule has 0 fully saturated rings. The van der Waals surface area contributed by atoms with E-state index in [-0.39, 0.29) is 16.8 Å². The summed E-state index contributed by atoms with van der Waals surface area (Å²) < 4.78 is 0. The Kier molecular flexibility index (Phi) is 25.2. The van der Waals surface area contributed by atoms with Crippen LogP contribution in [-0.4, -0.2) is 11.9 Å². The molecular weight excluding hydrogens is 315 g/mol. The van der Waals surface area contributed by atoms with Gasteiger partial charge in [0.2, 0.25) is 0 Å². The number of carboxylic acid groups (broad SMARTS) is 2. The standard InChI is InChI=1S/2C8H14O2.Co/c2*1-2-3-4-5-6-7-8(9)10;/h2*6-7H,2-5H2,1H3,(H,9,10);/q;;+2/p-2/b2*7-6+;. The summed E-state index contributed by atoms with van der Waals surface area (Å²) in [5.41, 5.74) is 0. The van der Waals surface area contributed by atoms with Crippen molar-refractivity contribution in [2.24, 2.45) is 0 Å². The van der Waals surface area contributed by atoms with Crippen molar-refractivity contribution in [3.63, 3.8) is 0 Å². The number of carboxylic acids is 2. The first-order valence-electron chi connectivity index (χ1n) is 7.29. The van der Waals surface area contributed by atoms with Crippen molar-refractivity contribution in [1.29, 1.82) is 0 Å². The molecule has 0 spiro atoms. The van der Waals surface area contributed by atoms with Gasteiger partial charge in [-0.3, -0.25) is 0 Å². The first kappa shape index (κ1) is 24.9. The Hall–Kier alpha value is -1.07. The summed E-state index contributed by atoms with van der Waals surface area (Å²) in [7, 11) is 0. The second-order valence-electron chi connectivity index (χ2n) is 4.43. The fraction of sp³-hybridized carbons (Fsp3) is 0.625. The SMILES string of the molecule is CCCCC/C=C/C(=O)[O-].CCCCC/C=C/C(=O)[O-].[Co+2]. The van der Waals surface area contributed by atoms with Crippen LogP contribution in [0.1, 0.15) is 65.2 Å². The molecule has 0 N–H and O–H groups in total. The van der Waals surface area contributed by atoms with Crippen molar-refractivity contribution >= 4 is 11.9 Å². The number of allylic oxidation sites excluding steroid dienone is 2. The predicted octanol–water partition coefficient (Wildman–Crippen LogP) is 1.74. The van der Waals surface area contributed by atoms with Crippen LogP contribution in [0.25, 0.3) is 0 Å². The van der Waals surface area contributed by atoms with Crippen LogP contribution >= 0.6 is 0 Å². The molecule has 123 valence electrons. The second-order valence-corrected chi connectivity index (χ2v) is 4.43. The zero-order valence-electron chi connectivity index (χ0n) is 12.9. The molecule has 0 saturated heterocycles. The average molecular weight is 341 g/mol. The molecule has 5 heteroatoms. The molecule has 0 amide bonds. The summed E-state index contributed by atoms with van der Waals surface area (Å²) in [5.74, 6) is -2.20. The summed E-state index contributed by atoms with van der Waals surface area (Å²) >= 11 is 0. The van der Waals surface area contributed by atoms with E-state index in [9.17, 15) is 19.8 Å². The molecule has 4 nitrogen and oxygen atoms in total. The van der Waals surface area contributed by atoms with Gasteiger partial charge in [0.15, 0.2) is 0 Å². The number of hydrogen-bond donors (Lipinski definition) is 0. The van der Waals surface area contributed by atoms with Gasteiger partial charge in [0.25, 0.3) is 0 Å². The van der Waals surface area contributed by atoms with Crippen molar-refractivity contribution in [3.05, 3.63) is 24.3 Å². The van der Waals surface area contributed by atoms with E-state index in [1.807, 2.05) is 0 Å². The van der Waals surface area contributed by atoms with Gasteiger partial charge in [-0.05, 0) is 37.8 Å². The molecule has 0 aromatic rings. The Bertz CT molecular complexity index is 269. The van der Waals surface area contributed by atoms with Crippen LogP contribution in [0.4, 0.5) is 0 Å². The van der Waals surface area contributed by atoms with Gasteiger partial charge in [0, 0.05) is 0 Å². The van der Waals surface area contributed by atoms with E-state index in [1.54, 1.807) is 12.2 Å². The van der Waals surface area contributed by atoms with Crippen molar-refractivity contribution in [3.8, 4) is 0 Å². The molecule has 0 heterocycles. The van der Waals surface area contributed by atoms with E-state index < -0.39 is 11.9 Å². The number of rotatable bonds is 10. The van der Waals surface area contributed by atoms with Gasteiger partial charge < -0.3 is 19.8 Å². The van der Waals surface area contributed by atoms with Crippen molar-refractivity contribution < 1.29 is 36.6 Å². The summed E-state index contributed by atoms with van der Waals surface area (Å²) in [6.07, 6.45) is 14.0. The smallest absolute Gasteiger partial charge is 0.545 e. The Balaban J connectivity index is -0.000000295. The molecule has 0 saturated carbocycles. The number of hydrogen-bond acceptors (Lipinski definition) is 4. The zero-order chi connectivity index (χ0) is 15.6. The molecule has 0 aliphatic carbocycles. The minimum atomic E-state index is -1.10. The third kappa shape index (κ3) is 32.5. The number of carbonyl (C=O) groups excluding carboxylic acids is 2. The molecule has 0 aliphatic rings. The van der Waals surface area contributed by atoms with Crippen LogP contribution in [0.3, 0.4) is 0 Å². The normalized spacial score (nSPS) is 10.0. The largest absolute Gasteiger partial charge is 2.00 e. The first-order valence-corrected chi connectivity index (χ1v) is 7.29. The number of unbranched alkanes of at least 4 members (excludes halogenated alkanes) is 6. The molecule has 1 radical (unpaired) electrons. The van der Waals surface area contributed by atoms with Crippen LogP contribution in [0.15, 0.2) is 24.3 Å². The van der Waals surface area contributed by atoms with E-state index in [0.29, 0.717) is 0 Å². The van der Waals surface area contributed by atoms with Gasteiger partial charge >= 0.3 is 16.8 Å². The molecule has 0 aromatic carbocycles. The molecule has 0 unspecified atom stereocenters. The van der Waals surface area contributed by atoms with Gasteiger partial charge in [-0.2, -0.15) is 0 Å². The van der Waals surface area contributed by atoms with E-state index in [4.69, 9.17) is 0 Å². The summed E-state index contributed by atoms with van der Waals surface area (Å²) in [6.45, 7) is 4.23. The maximum absolute atomic E-state index is 9.83. The Morgan fingerprint density at radius 1 is 0.762 bits per heavy atom. The number of aliphatic carboxylic acids is 2. The minimum absolute atomic E-state index is 0. The Morgan fingerprint density at radius 3 is 1.33 bits per heavy atom. The summed E-state index contributed by atoms with van der Waals surface area (Å²) in [5, 5.41) is 19.7. The minimum Gasteiger partial charge on any atom is -0.545 e. The van der Waals surface area contributed by atoms with Crippen LogP contribution in [0, 0.1) is 0 Å². The molecular formula is C16H26CoO4. The maximum atomic E-state index is 9.83. The summed E-state index contributed by atoms with van der Waals surface area (Å²) in [6, 6.07) is 0. The van der Waals surface area contributed by atoms with Crippen molar-refractivity contribution in [2.45, 2.75) is 65.2 Å². The topological polar surface area (TPSA) is 80.3 Å². The van der Waals surface area contributed by atoms with E-state index in [0.717, 1.165) is 50.7 Å². The quantitative estimate of drug-likeness (QED) is 0.448. The Morgan fingerprint density at radius 2 is 1.10 bits per heavy atom. The summed E-state index contributed by atoms with van der Waals surface area (Å²) in [4.78, 5) is 19.7. The van der Waals surface area contributed by atoms with Crippen molar-refractivity contribution in [1.82, 2.24) is 0 Å². The third-order valence-corrected chi connectivity index (χ3v) is 2.46. The molecule has 0 atom stereocenters. The third-order valence-electron chi connectivity index (χ3n) is 2.46. The maximum Gasteiger partial charge on any atom is 2.00 e. The van der Waals surface area contributed by atoms with Crippen LogP contribution in [-0.2, 0) is 26.4 Å². The fourth-order valence-electron chi connectivity index (χ4n) is 1.38. The van der Waals surface area contributed by atoms with Crippen LogP contribution in [0.2, 0.25) is 0 Å². The first-order chi connectivity index (χ1) is 9.54. The van der Waals surface area contributed by atoms with Gasteiger partial charge in [-0.25, -0.2) is 0 Å². The average Bonchev–Trinajstić information content (AvgIpc) is 2.38. The monoisotopic (exact) mass is 341 g/mol. The van der Waals surface area contributed by atoms with Gasteiger partial charge in [0.05, 0.1) is 11.9 Å². The van der Waals surface area contributed by atoms with Gasteiger partial charge in [-0.15, -0.1) is 0 Å².